The van der Waals surface area contributed by atoms with Crippen molar-refractivity contribution in [3.05, 3.63) is 0 Å². The predicted octanol–water partition coefficient (Wildman–Crippen LogP) is -0.221. The van der Waals surface area contributed by atoms with Gasteiger partial charge >= 0.3 is 0 Å². The summed E-state index contributed by atoms with van der Waals surface area (Å²) in [4.78, 5) is 0. The third-order valence-corrected chi connectivity index (χ3v) is 4.19. The number of aliphatic hydroxyl groups excluding tert-OH is 1. The van der Waals surface area contributed by atoms with E-state index in [0.29, 0.717) is 12.8 Å². The van der Waals surface area contributed by atoms with E-state index in [9.17, 15) is 17.2 Å². The lowest BCUT2D eigenvalue weighted by atomic mass is 10.2. The molecule has 2 unspecified atom stereocenters. The van der Waals surface area contributed by atoms with Gasteiger partial charge < -0.3 is 10.4 Å². The molecular weight excluding hydrogens is 228 g/mol. The van der Waals surface area contributed by atoms with Crippen molar-refractivity contribution in [3.63, 3.8) is 0 Å². The number of hydrogen-bond acceptors (Lipinski definition) is 4. The molecule has 7 heteroatoms. The summed E-state index contributed by atoms with van der Waals surface area (Å²) in [6.07, 6.45) is -3.33. The van der Waals surface area contributed by atoms with E-state index in [1.165, 1.54) is 0 Å². The number of hydrogen-bond donors (Lipinski definition) is 2. The fourth-order valence-electron chi connectivity index (χ4n) is 1.56. The number of halogens is 2. The highest BCUT2D eigenvalue weighted by atomic mass is 32.2. The molecular formula is C8H15F2NO3S. The van der Waals surface area contributed by atoms with Crippen LogP contribution in [0, 0.1) is 0 Å². The van der Waals surface area contributed by atoms with Crippen LogP contribution in [0.15, 0.2) is 0 Å². The average molecular weight is 243 g/mol. The molecule has 0 aromatic carbocycles. The largest absolute Gasteiger partial charge is 0.386 e. The predicted molar refractivity (Wildman–Crippen MR) is 51.7 cm³/mol. The molecule has 1 heterocycles. The maximum Gasteiger partial charge on any atom is 0.265 e. The Morgan fingerprint density at radius 1 is 1.47 bits per heavy atom. The Labute approximate surface area is 87.6 Å². The van der Waals surface area contributed by atoms with E-state index >= 15 is 0 Å². The SMILES string of the molecule is O=S1(=O)CCCC(NCC(O)C(F)F)C1. The average Bonchev–Trinajstić information content (AvgIpc) is 2.12. The highest BCUT2D eigenvalue weighted by Crippen LogP contribution is 2.12. The van der Waals surface area contributed by atoms with Gasteiger partial charge in [0.15, 0.2) is 9.84 Å². The second-order valence-electron chi connectivity index (χ2n) is 3.76. The molecule has 15 heavy (non-hydrogen) atoms. The number of nitrogens with one attached hydrogen (secondary N) is 1. The Morgan fingerprint density at radius 3 is 2.67 bits per heavy atom. The molecule has 1 fully saturated rings. The Morgan fingerprint density at radius 2 is 2.13 bits per heavy atom. The van der Waals surface area contributed by atoms with E-state index in [1.54, 1.807) is 0 Å². The molecule has 0 spiro atoms. The first-order valence-electron chi connectivity index (χ1n) is 4.81. The summed E-state index contributed by atoms with van der Waals surface area (Å²) in [7, 11) is -3.03. The van der Waals surface area contributed by atoms with E-state index in [4.69, 9.17) is 5.11 Å². The summed E-state index contributed by atoms with van der Waals surface area (Å²) >= 11 is 0. The smallest absolute Gasteiger partial charge is 0.265 e. The Bertz CT molecular complexity index is 294. The summed E-state index contributed by atoms with van der Waals surface area (Å²) in [5.74, 6) is 0.144. The van der Waals surface area contributed by atoms with Gasteiger partial charge in [0, 0.05) is 12.6 Å². The Kier molecular flexibility index (Phi) is 4.42. The van der Waals surface area contributed by atoms with Crippen molar-refractivity contribution in [1.29, 1.82) is 0 Å². The molecule has 2 N–H and O–H groups in total. The van der Waals surface area contributed by atoms with Crippen LogP contribution in [-0.2, 0) is 9.84 Å². The third kappa shape index (κ3) is 4.40. The first-order chi connectivity index (χ1) is 6.91. The van der Waals surface area contributed by atoms with Crippen LogP contribution >= 0.6 is 0 Å². The van der Waals surface area contributed by atoms with Gasteiger partial charge in [-0.2, -0.15) is 0 Å². The fraction of sp³-hybridized carbons (Fsp3) is 1.00. The molecule has 1 aliphatic rings. The molecule has 0 radical (unpaired) electrons. The first kappa shape index (κ1) is 12.8. The minimum Gasteiger partial charge on any atom is -0.386 e. The maximum atomic E-state index is 11.9. The maximum absolute atomic E-state index is 11.9. The van der Waals surface area contributed by atoms with Gasteiger partial charge in [-0.3, -0.25) is 0 Å². The summed E-state index contributed by atoms with van der Waals surface area (Å²) in [5.41, 5.74) is 0. The van der Waals surface area contributed by atoms with Gasteiger partial charge in [0.2, 0.25) is 0 Å². The van der Waals surface area contributed by atoms with Gasteiger partial charge in [-0.05, 0) is 12.8 Å². The summed E-state index contributed by atoms with van der Waals surface area (Å²) in [6, 6.07) is -0.308. The highest BCUT2D eigenvalue weighted by Gasteiger charge is 2.26. The second kappa shape index (κ2) is 5.18. The molecule has 1 rings (SSSR count). The van der Waals surface area contributed by atoms with Gasteiger partial charge in [0.1, 0.15) is 6.10 Å². The van der Waals surface area contributed by atoms with Crippen LogP contribution in [0.25, 0.3) is 0 Å². The molecule has 0 aromatic rings. The Hall–Kier alpha value is -0.270. The summed E-state index contributed by atoms with van der Waals surface area (Å²) in [6.45, 7) is -0.266. The lowest BCUT2D eigenvalue weighted by Gasteiger charge is -2.24. The van der Waals surface area contributed by atoms with Crippen LogP contribution in [0.1, 0.15) is 12.8 Å². The van der Waals surface area contributed by atoms with Crippen molar-refractivity contribution < 1.29 is 22.3 Å². The topological polar surface area (TPSA) is 66.4 Å². The lowest BCUT2D eigenvalue weighted by Crippen LogP contribution is -2.44. The monoisotopic (exact) mass is 243 g/mol. The molecule has 0 saturated carbocycles. The van der Waals surface area contributed by atoms with E-state index in [2.05, 4.69) is 5.32 Å². The zero-order valence-corrected chi connectivity index (χ0v) is 9.01. The summed E-state index contributed by atoms with van der Waals surface area (Å²) < 4.78 is 46.2. The van der Waals surface area contributed by atoms with Crippen molar-refractivity contribution >= 4 is 9.84 Å². The standard InChI is InChI=1S/C8H15F2NO3S/c9-8(10)7(12)4-11-6-2-1-3-15(13,14)5-6/h6-8,11-12H,1-5H2. The molecule has 4 nitrogen and oxygen atoms in total. The molecule has 0 amide bonds. The van der Waals surface area contributed by atoms with E-state index in [1.807, 2.05) is 0 Å². The van der Waals surface area contributed by atoms with Gasteiger partial charge in [-0.15, -0.1) is 0 Å². The van der Waals surface area contributed by atoms with Gasteiger partial charge in [-0.25, -0.2) is 17.2 Å². The molecule has 1 aliphatic heterocycles. The normalized spacial score (nSPS) is 27.9. The Balaban J connectivity index is 2.33. The van der Waals surface area contributed by atoms with E-state index in [-0.39, 0.29) is 24.1 Å². The van der Waals surface area contributed by atoms with Crippen LogP contribution in [0.2, 0.25) is 0 Å². The third-order valence-electron chi connectivity index (χ3n) is 2.37. The molecule has 0 aliphatic carbocycles. The minimum atomic E-state index is -3.03. The van der Waals surface area contributed by atoms with Crippen molar-refractivity contribution in [1.82, 2.24) is 5.32 Å². The number of alkyl halides is 2. The van der Waals surface area contributed by atoms with Crippen LogP contribution in [0.5, 0.6) is 0 Å². The lowest BCUT2D eigenvalue weighted by molar-refractivity contribution is -0.00446. The molecule has 1 saturated heterocycles. The number of sulfone groups is 1. The van der Waals surface area contributed by atoms with Crippen LogP contribution in [0.4, 0.5) is 8.78 Å². The van der Waals surface area contributed by atoms with Gasteiger partial charge in [0.05, 0.1) is 11.5 Å². The molecule has 0 aromatic heterocycles. The van der Waals surface area contributed by atoms with Crippen molar-refractivity contribution in [2.24, 2.45) is 0 Å². The van der Waals surface area contributed by atoms with Crippen LogP contribution < -0.4 is 5.32 Å². The van der Waals surface area contributed by atoms with Crippen LogP contribution in [-0.4, -0.2) is 50.1 Å². The summed E-state index contributed by atoms with van der Waals surface area (Å²) in [5, 5.41) is 11.5. The highest BCUT2D eigenvalue weighted by molar-refractivity contribution is 7.91. The van der Waals surface area contributed by atoms with Crippen molar-refractivity contribution in [2.75, 3.05) is 18.1 Å². The zero-order chi connectivity index (χ0) is 11.5. The molecule has 0 bridgehead atoms. The molecule has 2 atom stereocenters. The minimum absolute atomic E-state index is 0.0248. The first-order valence-corrected chi connectivity index (χ1v) is 6.63. The zero-order valence-electron chi connectivity index (χ0n) is 8.20. The second-order valence-corrected chi connectivity index (χ2v) is 5.99. The van der Waals surface area contributed by atoms with Gasteiger partial charge in [0.25, 0.3) is 6.43 Å². The number of aliphatic hydroxyl groups is 1. The van der Waals surface area contributed by atoms with Gasteiger partial charge in [-0.1, -0.05) is 0 Å². The van der Waals surface area contributed by atoms with E-state index in [0.717, 1.165) is 0 Å². The van der Waals surface area contributed by atoms with E-state index < -0.39 is 22.4 Å². The quantitative estimate of drug-likeness (QED) is 0.716. The van der Waals surface area contributed by atoms with Crippen molar-refractivity contribution in [2.45, 2.75) is 31.4 Å². The number of rotatable bonds is 4. The molecule has 90 valence electrons. The van der Waals surface area contributed by atoms with Crippen LogP contribution in [0.3, 0.4) is 0 Å². The van der Waals surface area contributed by atoms with Crippen molar-refractivity contribution in [3.8, 4) is 0 Å². The fourth-order valence-corrected chi connectivity index (χ4v) is 3.23.